The Balaban J connectivity index is 3.09. The molecule has 1 aromatic rings. The lowest BCUT2D eigenvalue weighted by molar-refractivity contribution is -0.131. The molecule has 9 heteroatoms. The van der Waals surface area contributed by atoms with Crippen molar-refractivity contribution < 1.29 is 27.5 Å². The predicted octanol–water partition coefficient (Wildman–Crippen LogP) is 0.0756. The summed E-state index contributed by atoms with van der Waals surface area (Å²) < 4.78 is 39.5. The number of nitrogens with two attached hydrogens (primary N) is 1. The number of sulfonamides is 1. The van der Waals surface area contributed by atoms with Crippen LogP contribution in [-0.2, 0) is 19.6 Å². The molecule has 0 aromatic heterocycles. The van der Waals surface area contributed by atoms with Gasteiger partial charge in [0.15, 0.2) is 0 Å². The molecule has 1 atom stereocenters. The van der Waals surface area contributed by atoms with Gasteiger partial charge < -0.3 is 10.8 Å². The number of hydrogen-bond donors (Lipinski definition) is 3. The summed E-state index contributed by atoms with van der Waals surface area (Å²) in [6.45, 7) is 1.22. The molecule has 1 amide bonds. The van der Waals surface area contributed by atoms with Gasteiger partial charge in [-0.3, -0.25) is 4.79 Å². The van der Waals surface area contributed by atoms with Crippen LogP contribution in [0.4, 0.5) is 4.39 Å². The molecule has 0 heterocycles. The van der Waals surface area contributed by atoms with Gasteiger partial charge in [0, 0.05) is 6.08 Å². The molecule has 7 nitrogen and oxygen atoms in total. The number of rotatable bonds is 6. The fourth-order valence-corrected chi connectivity index (χ4v) is 2.63. The van der Waals surface area contributed by atoms with Crippen molar-refractivity contribution in [2.45, 2.75) is 17.9 Å². The van der Waals surface area contributed by atoms with Crippen LogP contribution in [-0.4, -0.2) is 31.4 Å². The van der Waals surface area contributed by atoms with Gasteiger partial charge in [0.1, 0.15) is 10.7 Å². The lowest BCUT2D eigenvalue weighted by atomic mass is 10.2. The SMILES string of the molecule is CC(NS(=O)(=O)c1ccc(/C=C/C(=O)O)cc1F)C(N)=O. The van der Waals surface area contributed by atoms with Gasteiger partial charge in [-0.1, -0.05) is 6.07 Å². The van der Waals surface area contributed by atoms with Crippen LogP contribution >= 0.6 is 0 Å². The summed E-state index contributed by atoms with van der Waals surface area (Å²) in [4.78, 5) is 20.5. The van der Waals surface area contributed by atoms with Gasteiger partial charge in [-0.2, -0.15) is 4.72 Å². The highest BCUT2D eigenvalue weighted by Gasteiger charge is 2.23. The number of nitrogens with one attached hydrogen (secondary N) is 1. The van der Waals surface area contributed by atoms with E-state index in [4.69, 9.17) is 10.8 Å². The van der Waals surface area contributed by atoms with Crippen molar-refractivity contribution in [3.8, 4) is 0 Å². The topological polar surface area (TPSA) is 127 Å². The highest BCUT2D eigenvalue weighted by molar-refractivity contribution is 7.89. The van der Waals surface area contributed by atoms with Crippen LogP contribution in [0.1, 0.15) is 12.5 Å². The van der Waals surface area contributed by atoms with Gasteiger partial charge in [0.05, 0.1) is 6.04 Å². The van der Waals surface area contributed by atoms with E-state index in [1.807, 2.05) is 4.72 Å². The Kier molecular flexibility index (Phi) is 5.17. The quantitative estimate of drug-likeness (QED) is 0.640. The van der Waals surface area contributed by atoms with Crippen molar-refractivity contribution in [3.05, 3.63) is 35.7 Å². The van der Waals surface area contributed by atoms with Crippen LogP contribution in [0.2, 0.25) is 0 Å². The third kappa shape index (κ3) is 4.65. The Morgan fingerprint density at radius 3 is 2.52 bits per heavy atom. The number of halogens is 1. The van der Waals surface area contributed by atoms with E-state index in [-0.39, 0.29) is 5.56 Å². The molecule has 0 spiro atoms. The van der Waals surface area contributed by atoms with Gasteiger partial charge in [-0.25, -0.2) is 17.6 Å². The zero-order valence-corrected chi connectivity index (χ0v) is 11.7. The fourth-order valence-electron chi connectivity index (χ4n) is 1.36. The van der Waals surface area contributed by atoms with Gasteiger partial charge in [-0.05, 0) is 30.7 Å². The number of amides is 1. The summed E-state index contributed by atoms with van der Waals surface area (Å²) in [6.07, 6.45) is 1.90. The third-order valence-electron chi connectivity index (χ3n) is 2.42. The first-order valence-corrected chi connectivity index (χ1v) is 7.14. The molecule has 0 bridgehead atoms. The molecule has 1 rings (SSSR count). The van der Waals surface area contributed by atoms with E-state index in [0.29, 0.717) is 0 Å². The number of carboxylic acids is 1. The summed E-state index contributed by atoms with van der Waals surface area (Å²) in [6, 6.07) is 1.86. The maximum absolute atomic E-state index is 13.8. The van der Waals surface area contributed by atoms with Crippen LogP contribution in [0.15, 0.2) is 29.2 Å². The highest BCUT2D eigenvalue weighted by atomic mass is 32.2. The number of carbonyl (C=O) groups is 2. The van der Waals surface area contributed by atoms with Crippen molar-refractivity contribution in [3.63, 3.8) is 0 Å². The van der Waals surface area contributed by atoms with E-state index in [1.54, 1.807) is 0 Å². The van der Waals surface area contributed by atoms with E-state index >= 15 is 0 Å². The Morgan fingerprint density at radius 2 is 2.05 bits per heavy atom. The first-order chi connectivity index (χ1) is 9.63. The molecular formula is C12H13FN2O5S. The molecule has 0 aliphatic carbocycles. The van der Waals surface area contributed by atoms with Gasteiger partial charge in [0.25, 0.3) is 0 Å². The van der Waals surface area contributed by atoms with Gasteiger partial charge in [0.2, 0.25) is 15.9 Å². The van der Waals surface area contributed by atoms with Crippen molar-refractivity contribution >= 4 is 28.0 Å². The summed E-state index contributed by atoms with van der Waals surface area (Å²) in [7, 11) is -4.25. The van der Waals surface area contributed by atoms with Crippen molar-refractivity contribution in [2.24, 2.45) is 5.73 Å². The second-order valence-corrected chi connectivity index (χ2v) is 5.79. The molecule has 0 aliphatic rings. The molecule has 0 radical (unpaired) electrons. The largest absolute Gasteiger partial charge is 0.478 e. The number of carboxylic acid groups (broad SMARTS) is 1. The van der Waals surface area contributed by atoms with Crippen molar-refractivity contribution in [2.75, 3.05) is 0 Å². The van der Waals surface area contributed by atoms with Gasteiger partial charge in [-0.15, -0.1) is 0 Å². The average molecular weight is 316 g/mol. The number of hydrogen-bond acceptors (Lipinski definition) is 4. The van der Waals surface area contributed by atoms with E-state index in [9.17, 15) is 22.4 Å². The fraction of sp³-hybridized carbons (Fsp3) is 0.167. The molecule has 4 N–H and O–H groups in total. The lowest BCUT2D eigenvalue weighted by Gasteiger charge is -2.11. The van der Waals surface area contributed by atoms with Crippen LogP contribution in [0.25, 0.3) is 6.08 Å². The smallest absolute Gasteiger partial charge is 0.328 e. The summed E-state index contributed by atoms with van der Waals surface area (Å²) in [5.41, 5.74) is 5.10. The third-order valence-corrected chi connectivity index (χ3v) is 4.00. The van der Waals surface area contributed by atoms with Crippen LogP contribution in [0, 0.1) is 5.82 Å². The lowest BCUT2D eigenvalue weighted by Crippen LogP contribution is -2.42. The minimum absolute atomic E-state index is 0.178. The number of benzene rings is 1. The molecule has 0 saturated carbocycles. The molecule has 0 aliphatic heterocycles. The average Bonchev–Trinajstić information content (AvgIpc) is 2.35. The molecular weight excluding hydrogens is 303 g/mol. The number of aliphatic carboxylic acids is 1. The Hall–Kier alpha value is -2.26. The molecule has 0 fully saturated rings. The molecule has 1 aromatic carbocycles. The number of carbonyl (C=O) groups excluding carboxylic acids is 1. The summed E-state index contributed by atoms with van der Waals surface area (Å²) in [5.74, 6) is -3.20. The van der Waals surface area contributed by atoms with Gasteiger partial charge >= 0.3 is 5.97 Å². The van der Waals surface area contributed by atoms with Crippen LogP contribution in [0.5, 0.6) is 0 Å². The maximum atomic E-state index is 13.8. The molecule has 1 unspecified atom stereocenters. The second kappa shape index (κ2) is 6.46. The van der Waals surface area contributed by atoms with Crippen molar-refractivity contribution in [1.29, 1.82) is 0 Å². The van der Waals surface area contributed by atoms with Crippen LogP contribution < -0.4 is 10.5 Å². The minimum atomic E-state index is -4.25. The van der Waals surface area contributed by atoms with Crippen LogP contribution in [0.3, 0.4) is 0 Å². The van der Waals surface area contributed by atoms with E-state index < -0.39 is 38.7 Å². The first kappa shape index (κ1) is 16.8. The normalized spacial score (nSPS) is 13.2. The van der Waals surface area contributed by atoms with Crippen molar-refractivity contribution in [1.82, 2.24) is 4.72 Å². The molecule has 0 saturated heterocycles. The maximum Gasteiger partial charge on any atom is 0.328 e. The van der Waals surface area contributed by atoms with E-state index in [0.717, 1.165) is 24.3 Å². The van der Waals surface area contributed by atoms with E-state index in [1.165, 1.54) is 13.0 Å². The Bertz CT molecular complexity index is 700. The van der Waals surface area contributed by atoms with E-state index in [2.05, 4.69) is 0 Å². The second-order valence-electron chi connectivity index (χ2n) is 4.11. The Labute approximate surface area is 120 Å². The summed E-state index contributed by atoms with van der Waals surface area (Å²) >= 11 is 0. The minimum Gasteiger partial charge on any atom is -0.478 e. The zero-order valence-electron chi connectivity index (χ0n) is 10.9. The molecule has 114 valence electrons. The first-order valence-electron chi connectivity index (χ1n) is 5.65. The predicted molar refractivity (Wildman–Crippen MR) is 72.0 cm³/mol. The number of primary amides is 1. The summed E-state index contributed by atoms with van der Waals surface area (Å²) in [5, 5.41) is 8.45. The molecule has 21 heavy (non-hydrogen) atoms. The highest BCUT2D eigenvalue weighted by Crippen LogP contribution is 2.17. The zero-order chi connectivity index (χ0) is 16.2. The standard InChI is InChI=1S/C12H13FN2O5S/c1-7(12(14)18)15-21(19,20)10-4-2-8(6-9(10)13)3-5-11(16)17/h2-7,15H,1H3,(H2,14,18)(H,16,17)/b5-3+. The Morgan fingerprint density at radius 1 is 1.43 bits per heavy atom. The monoisotopic (exact) mass is 316 g/mol.